The number of halogens is 2. The number of rotatable bonds is 5. The van der Waals surface area contributed by atoms with Gasteiger partial charge >= 0.3 is 0 Å². The van der Waals surface area contributed by atoms with Crippen molar-refractivity contribution in [2.24, 2.45) is 5.92 Å². The van der Waals surface area contributed by atoms with Crippen molar-refractivity contribution >= 4 is 0 Å². The molecule has 1 aliphatic rings. The summed E-state index contributed by atoms with van der Waals surface area (Å²) in [7, 11) is 1.99. The molecule has 0 aromatic heterocycles. The summed E-state index contributed by atoms with van der Waals surface area (Å²) in [6, 6.07) is 6.72. The van der Waals surface area contributed by atoms with E-state index in [1.54, 1.807) is 0 Å². The molecule has 0 bridgehead atoms. The largest absolute Gasteiger partial charge is 0.319 e. The minimum absolute atomic E-state index is 0.107. The van der Waals surface area contributed by atoms with Crippen LogP contribution in [0.5, 0.6) is 0 Å². The lowest BCUT2D eigenvalue weighted by Gasteiger charge is -2.32. The maximum atomic E-state index is 12.5. The molecule has 2 rings (SSSR count). The summed E-state index contributed by atoms with van der Waals surface area (Å²) in [5, 5.41) is 3.23. The second kappa shape index (κ2) is 6.96. The number of piperidine rings is 1. The molecule has 1 atom stereocenters. The van der Waals surface area contributed by atoms with Crippen LogP contribution in [0.2, 0.25) is 0 Å². The number of nitrogens with one attached hydrogen (secondary N) is 1. The van der Waals surface area contributed by atoms with Gasteiger partial charge in [-0.05, 0) is 44.5 Å². The molecular weight excluding hydrogens is 246 g/mol. The molecule has 19 heavy (non-hydrogen) atoms. The second-order valence-corrected chi connectivity index (χ2v) is 5.34. The molecule has 4 heteroatoms. The molecule has 0 saturated carbocycles. The van der Waals surface area contributed by atoms with E-state index in [2.05, 4.69) is 10.2 Å². The molecule has 0 radical (unpaired) electrons. The van der Waals surface area contributed by atoms with Gasteiger partial charge in [-0.15, -0.1) is 0 Å². The van der Waals surface area contributed by atoms with Crippen LogP contribution in [0.4, 0.5) is 8.78 Å². The van der Waals surface area contributed by atoms with Crippen molar-refractivity contribution in [2.75, 3.05) is 26.7 Å². The molecule has 0 spiro atoms. The summed E-state index contributed by atoms with van der Waals surface area (Å²) in [5.74, 6) is 0.707. The summed E-state index contributed by atoms with van der Waals surface area (Å²) in [5.41, 5.74) is 1.23. The van der Waals surface area contributed by atoms with E-state index in [4.69, 9.17) is 0 Å². The number of hydrogen-bond acceptors (Lipinski definition) is 2. The fraction of sp³-hybridized carbons (Fsp3) is 0.600. The van der Waals surface area contributed by atoms with E-state index >= 15 is 0 Å². The van der Waals surface area contributed by atoms with Crippen LogP contribution in [-0.4, -0.2) is 31.6 Å². The lowest BCUT2D eigenvalue weighted by Crippen LogP contribution is -2.38. The van der Waals surface area contributed by atoms with Gasteiger partial charge in [0.25, 0.3) is 6.43 Å². The van der Waals surface area contributed by atoms with Crippen molar-refractivity contribution in [1.29, 1.82) is 0 Å². The number of likely N-dealkylation sites (tertiary alicyclic amines) is 1. The van der Waals surface area contributed by atoms with E-state index in [1.165, 1.54) is 25.0 Å². The topological polar surface area (TPSA) is 15.3 Å². The van der Waals surface area contributed by atoms with Crippen molar-refractivity contribution in [3.05, 3.63) is 35.4 Å². The average molecular weight is 268 g/mol. The fourth-order valence-electron chi connectivity index (χ4n) is 2.78. The van der Waals surface area contributed by atoms with E-state index in [1.807, 2.05) is 19.2 Å². The Hall–Kier alpha value is -1.00. The van der Waals surface area contributed by atoms with Crippen LogP contribution in [0.1, 0.15) is 30.4 Å². The van der Waals surface area contributed by atoms with Crippen LogP contribution >= 0.6 is 0 Å². The maximum absolute atomic E-state index is 12.5. The molecule has 1 aromatic rings. The monoisotopic (exact) mass is 268 g/mol. The standard InChI is InChI=1S/C15H22F2N2/c1-18-9-13-3-2-8-19(11-13)10-12-4-6-14(7-5-12)15(16)17/h4-7,13,15,18H,2-3,8-11H2,1H3. The first kappa shape index (κ1) is 14.4. The minimum Gasteiger partial charge on any atom is -0.319 e. The Labute approximate surface area is 113 Å². The van der Waals surface area contributed by atoms with Gasteiger partial charge in [-0.2, -0.15) is 0 Å². The van der Waals surface area contributed by atoms with E-state index < -0.39 is 6.43 Å². The summed E-state index contributed by atoms with van der Waals surface area (Å²) >= 11 is 0. The van der Waals surface area contributed by atoms with Gasteiger partial charge in [-0.1, -0.05) is 24.3 Å². The highest BCUT2D eigenvalue weighted by molar-refractivity contribution is 5.23. The van der Waals surface area contributed by atoms with Crippen molar-refractivity contribution in [3.8, 4) is 0 Å². The highest BCUT2D eigenvalue weighted by Gasteiger charge is 2.19. The molecule has 0 aliphatic carbocycles. The van der Waals surface area contributed by atoms with Crippen molar-refractivity contribution in [1.82, 2.24) is 10.2 Å². The summed E-state index contributed by atoms with van der Waals surface area (Å²) in [6.07, 6.45) is 0.132. The molecule has 106 valence electrons. The number of alkyl halides is 2. The second-order valence-electron chi connectivity index (χ2n) is 5.34. The number of nitrogens with zero attached hydrogens (tertiary/aromatic N) is 1. The average Bonchev–Trinajstić information content (AvgIpc) is 2.40. The van der Waals surface area contributed by atoms with E-state index in [9.17, 15) is 8.78 Å². The quantitative estimate of drug-likeness (QED) is 0.883. The molecule has 2 nitrogen and oxygen atoms in total. The van der Waals surface area contributed by atoms with Crippen molar-refractivity contribution < 1.29 is 8.78 Å². The van der Waals surface area contributed by atoms with Gasteiger partial charge in [0.1, 0.15) is 0 Å². The smallest absolute Gasteiger partial charge is 0.263 e. The highest BCUT2D eigenvalue weighted by Crippen LogP contribution is 2.21. The number of benzene rings is 1. The molecule has 1 saturated heterocycles. The van der Waals surface area contributed by atoms with Crippen LogP contribution < -0.4 is 5.32 Å². The third-order valence-electron chi connectivity index (χ3n) is 3.73. The van der Waals surface area contributed by atoms with Gasteiger partial charge in [0.05, 0.1) is 0 Å². The Morgan fingerprint density at radius 2 is 2.05 bits per heavy atom. The molecule has 1 heterocycles. The van der Waals surface area contributed by atoms with Gasteiger partial charge in [0.2, 0.25) is 0 Å². The lowest BCUT2D eigenvalue weighted by molar-refractivity contribution is 0.151. The fourth-order valence-corrected chi connectivity index (χ4v) is 2.78. The van der Waals surface area contributed by atoms with Crippen molar-refractivity contribution in [2.45, 2.75) is 25.8 Å². The van der Waals surface area contributed by atoms with Gasteiger partial charge in [-0.3, -0.25) is 4.90 Å². The Bertz CT molecular complexity index is 376. The first-order chi connectivity index (χ1) is 9.19. The Kier molecular flexibility index (Phi) is 5.28. The zero-order chi connectivity index (χ0) is 13.7. The first-order valence-electron chi connectivity index (χ1n) is 6.93. The van der Waals surface area contributed by atoms with Crippen LogP contribution in [0.15, 0.2) is 24.3 Å². The van der Waals surface area contributed by atoms with Gasteiger partial charge < -0.3 is 5.32 Å². The molecule has 1 aromatic carbocycles. The van der Waals surface area contributed by atoms with Gasteiger partial charge in [0.15, 0.2) is 0 Å². The first-order valence-corrected chi connectivity index (χ1v) is 6.93. The van der Waals surface area contributed by atoms with Crippen LogP contribution in [-0.2, 0) is 6.54 Å². The lowest BCUT2D eigenvalue weighted by atomic mass is 9.97. The van der Waals surface area contributed by atoms with Crippen LogP contribution in [0, 0.1) is 5.92 Å². The molecule has 1 fully saturated rings. The minimum atomic E-state index is -2.37. The zero-order valence-corrected chi connectivity index (χ0v) is 11.4. The number of hydrogen-bond donors (Lipinski definition) is 1. The SMILES string of the molecule is CNCC1CCCN(Cc2ccc(C(F)F)cc2)C1. The predicted octanol–water partition coefficient (Wildman–Crippen LogP) is 3.06. The zero-order valence-electron chi connectivity index (χ0n) is 11.4. The third-order valence-corrected chi connectivity index (χ3v) is 3.73. The van der Waals surface area contributed by atoms with Gasteiger partial charge in [0, 0.05) is 18.7 Å². The predicted molar refractivity (Wildman–Crippen MR) is 73.3 cm³/mol. The molecule has 0 amide bonds. The summed E-state index contributed by atoms with van der Waals surface area (Å²) < 4.78 is 25.0. The Balaban J connectivity index is 1.89. The van der Waals surface area contributed by atoms with E-state index in [-0.39, 0.29) is 5.56 Å². The third kappa shape index (κ3) is 4.25. The summed E-state index contributed by atoms with van der Waals surface area (Å²) in [4.78, 5) is 2.42. The van der Waals surface area contributed by atoms with Crippen LogP contribution in [0.25, 0.3) is 0 Å². The molecular formula is C15H22F2N2. The molecule has 1 unspecified atom stereocenters. The van der Waals surface area contributed by atoms with E-state index in [0.29, 0.717) is 5.92 Å². The normalized spacial score (nSPS) is 20.9. The molecule has 1 N–H and O–H groups in total. The maximum Gasteiger partial charge on any atom is 0.263 e. The van der Waals surface area contributed by atoms with Gasteiger partial charge in [-0.25, -0.2) is 8.78 Å². The Morgan fingerprint density at radius 3 is 2.68 bits per heavy atom. The summed E-state index contributed by atoms with van der Waals surface area (Å²) in [6.45, 7) is 4.12. The highest BCUT2D eigenvalue weighted by atomic mass is 19.3. The Morgan fingerprint density at radius 1 is 1.32 bits per heavy atom. The van der Waals surface area contributed by atoms with Crippen molar-refractivity contribution in [3.63, 3.8) is 0 Å². The van der Waals surface area contributed by atoms with Crippen LogP contribution in [0.3, 0.4) is 0 Å². The molecule has 1 aliphatic heterocycles. The van der Waals surface area contributed by atoms with E-state index in [0.717, 1.165) is 31.7 Å².